The highest BCUT2D eigenvalue weighted by molar-refractivity contribution is 6.01. The number of allylic oxidation sites excluding steroid dienone is 2. The van der Waals surface area contributed by atoms with Gasteiger partial charge in [0.25, 0.3) is 0 Å². The molecule has 166 valence electrons. The van der Waals surface area contributed by atoms with Gasteiger partial charge < -0.3 is 9.88 Å². The van der Waals surface area contributed by atoms with E-state index in [9.17, 15) is 4.79 Å². The summed E-state index contributed by atoms with van der Waals surface area (Å²) in [6.45, 7) is 10.8. The second kappa shape index (κ2) is 7.26. The molecular formula is C26H31N5O. The van der Waals surface area contributed by atoms with Gasteiger partial charge in [-0.1, -0.05) is 39.0 Å². The number of imidazole rings is 1. The van der Waals surface area contributed by atoms with E-state index in [0.717, 1.165) is 46.5 Å². The number of ketones is 1. The minimum atomic E-state index is -0.527. The molecule has 1 aromatic carbocycles. The lowest BCUT2D eigenvalue weighted by Crippen LogP contribution is -2.51. The largest absolute Gasteiger partial charge is 0.362 e. The average molecular weight is 430 g/mol. The van der Waals surface area contributed by atoms with E-state index >= 15 is 0 Å². The summed E-state index contributed by atoms with van der Waals surface area (Å²) >= 11 is 0. The fourth-order valence-electron chi connectivity index (χ4n) is 5.77. The first-order valence-corrected chi connectivity index (χ1v) is 11.5. The Morgan fingerprint density at radius 1 is 1.25 bits per heavy atom. The van der Waals surface area contributed by atoms with Crippen LogP contribution in [0, 0.1) is 5.41 Å². The van der Waals surface area contributed by atoms with Crippen molar-refractivity contribution >= 4 is 5.78 Å². The van der Waals surface area contributed by atoms with Crippen molar-refractivity contribution in [1.29, 1.82) is 0 Å². The molecule has 2 aliphatic heterocycles. The molecule has 3 heterocycles. The van der Waals surface area contributed by atoms with E-state index in [-0.39, 0.29) is 17.4 Å². The van der Waals surface area contributed by atoms with E-state index in [1.165, 1.54) is 0 Å². The maximum absolute atomic E-state index is 13.6. The zero-order valence-corrected chi connectivity index (χ0v) is 19.5. The molecule has 2 aromatic rings. The summed E-state index contributed by atoms with van der Waals surface area (Å²) in [5.74, 6) is 0.231. The number of nitrogens with one attached hydrogen (secondary N) is 1. The lowest BCUT2D eigenvalue weighted by Gasteiger charge is -2.47. The van der Waals surface area contributed by atoms with Crippen LogP contribution in [-0.2, 0) is 10.2 Å². The van der Waals surface area contributed by atoms with E-state index in [0.29, 0.717) is 12.5 Å². The number of carbonyl (C=O) groups is 1. The van der Waals surface area contributed by atoms with Gasteiger partial charge in [-0.3, -0.25) is 4.79 Å². The molecule has 32 heavy (non-hydrogen) atoms. The van der Waals surface area contributed by atoms with Crippen LogP contribution in [0.5, 0.6) is 0 Å². The summed E-state index contributed by atoms with van der Waals surface area (Å²) in [6, 6.07) is 8.92. The Hall–Kier alpha value is -3.02. The molecular weight excluding hydrogens is 398 g/mol. The predicted molar refractivity (Wildman–Crippen MR) is 125 cm³/mol. The number of rotatable bonds is 4. The van der Waals surface area contributed by atoms with Crippen molar-refractivity contribution in [2.24, 2.45) is 15.6 Å². The number of nitrogens with zero attached hydrogens (tertiary/aromatic N) is 4. The molecule has 3 aliphatic rings. The molecule has 1 aliphatic carbocycles. The average Bonchev–Trinajstić information content (AvgIpc) is 3.41. The number of fused-ring (bicyclic) bond motifs is 1. The maximum Gasteiger partial charge on any atom is 0.164 e. The van der Waals surface area contributed by atoms with Crippen LogP contribution >= 0.6 is 0 Å². The molecule has 5 rings (SSSR count). The highest BCUT2D eigenvalue weighted by Gasteiger charge is 2.53. The smallest absolute Gasteiger partial charge is 0.164 e. The lowest BCUT2D eigenvalue weighted by atomic mass is 9.58. The third kappa shape index (κ3) is 2.99. The molecule has 0 fully saturated rings. The topological polar surface area (TPSA) is 71.6 Å². The molecule has 2 atom stereocenters. The second-order valence-electron chi connectivity index (χ2n) is 10.3. The summed E-state index contributed by atoms with van der Waals surface area (Å²) in [7, 11) is 0. The number of azo groups is 1. The SMILES string of the molecule is CC[C@@]1(c2cccc(-c3cncn3C(C)C)c2)C2=CN=NC2NC2=C1C(=O)CC(C)(C)C2. The van der Waals surface area contributed by atoms with Gasteiger partial charge in [0.2, 0.25) is 0 Å². The van der Waals surface area contributed by atoms with Crippen LogP contribution in [0.3, 0.4) is 0 Å². The summed E-state index contributed by atoms with van der Waals surface area (Å²) in [6.07, 6.45) is 7.63. The van der Waals surface area contributed by atoms with Crippen LogP contribution in [0.4, 0.5) is 0 Å². The molecule has 1 unspecified atom stereocenters. The number of carbonyl (C=O) groups excluding carboxylic acids is 1. The normalized spacial score (nSPS) is 26.1. The van der Waals surface area contributed by atoms with Crippen LogP contribution in [0.15, 0.2) is 70.1 Å². The fraction of sp³-hybridized carbons (Fsp3) is 0.462. The highest BCUT2D eigenvalue weighted by Crippen LogP contribution is 2.54. The van der Waals surface area contributed by atoms with E-state index in [4.69, 9.17) is 0 Å². The first-order valence-electron chi connectivity index (χ1n) is 11.5. The summed E-state index contributed by atoms with van der Waals surface area (Å²) < 4.78 is 2.18. The van der Waals surface area contributed by atoms with Gasteiger partial charge in [-0.05, 0) is 43.7 Å². The van der Waals surface area contributed by atoms with Crippen LogP contribution in [0.25, 0.3) is 11.3 Å². The highest BCUT2D eigenvalue weighted by atomic mass is 16.1. The van der Waals surface area contributed by atoms with Crippen LogP contribution in [0.1, 0.15) is 65.5 Å². The number of benzene rings is 1. The van der Waals surface area contributed by atoms with Crippen molar-refractivity contribution in [3.05, 3.63) is 65.4 Å². The van der Waals surface area contributed by atoms with Gasteiger partial charge >= 0.3 is 0 Å². The third-order valence-corrected chi connectivity index (χ3v) is 7.18. The molecule has 0 spiro atoms. The van der Waals surface area contributed by atoms with E-state index in [2.05, 4.69) is 84.0 Å². The van der Waals surface area contributed by atoms with Gasteiger partial charge in [0.05, 0.1) is 29.8 Å². The van der Waals surface area contributed by atoms with Crippen molar-refractivity contribution in [2.45, 2.75) is 71.5 Å². The van der Waals surface area contributed by atoms with Gasteiger partial charge in [0.15, 0.2) is 11.9 Å². The maximum atomic E-state index is 13.6. The molecule has 1 aromatic heterocycles. The summed E-state index contributed by atoms with van der Waals surface area (Å²) in [5, 5.41) is 12.3. The van der Waals surface area contributed by atoms with Crippen LogP contribution < -0.4 is 5.32 Å². The van der Waals surface area contributed by atoms with Gasteiger partial charge in [0, 0.05) is 34.9 Å². The van der Waals surface area contributed by atoms with Gasteiger partial charge in [-0.2, -0.15) is 10.2 Å². The molecule has 0 bridgehead atoms. The van der Waals surface area contributed by atoms with Crippen molar-refractivity contribution in [3.63, 3.8) is 0 Å². The number of hydrogen-bond donors (Lipinski definition) is 1. The molecule has 0 saturated heterocycles. The quantitative estimate of drug-likeness (QED) is 0.677. The van der Waals surface area contributed by atoms with Crippen LogP contribution in [0.2, 0.25) is 0 Å². The Morgan fingerprint density at radius 2 is 2.06 bits per heavy atom. The number of hydrogen-bond acceptors (Lipinski definition) is 5. The predicted octanol–water partition coefficient (Wildman–Crippen LogP) is 5.70. The zero-order chi connectivity index (χ0) is 22.7. The van der Waals surface area contributed by atoms with Gasteiger partial charge in [-0.15, -0.1) is 0 Å². The van der Waals surface area contributed by atoms with Crippen molar-refractivity contribution in [3.8, 4) is 11.3 Å². The van der Waals surface area contributed by atoms with E-state index in [1.54, 1.807) is 0 Å². The van der Waals surface area contributed by atoms with Crippen molar-refractivity contribution < 1.29 is 4.79 Å². The zero-order valence-electron chi connectivity index (χ0n) is 19.5. The molecule has 0 amide bonds. The van der Waals surface area contributed by atoms with Gasteiger partial charge in [0.1, 0.15) is 0 Å². The summed E-state index contributed by atoms with van der Waals surface area (Å²) in [4.78, 5) is 18.0. The molecule has 0 radical (unpaired) electrons. The van der Waals surface area contributed by atoms with Crippen molar-refractivity contribution in [1.82, 2.24) is 14.9 Å². The van der Waals surface area contributed by atoms with E-state index < -0.39 is 5.41 Å². The van der Waals surface area contributed by atoms with Crippen molar-refractivity contribution in [2.75, 3.05) is 0 Å². The number of aromatic nitrogens is 2. The minimum absolute atomic E-state index is 0.0645. The molecule has 6 heteroatoms. The Bertz CT molecular complexity index is 1180. The monoisotopic (exact) mass is 429 g/mol. The molecule has 1 N–H and O–H groups in total. The summed E-state index contributed by atoms with van der Waals surface area (Å²) in [5.41, 5.74) is 5.73. The van der Waals surface area contributed by atoms with E-state index in [1.807, 2.05) is 18.7 Å². The molecule has 6 nitrogen and oxygen atoms in total. The Balaban J connectivity index is 1.73. The first-order chi connectivity index (χ1) is 15.3. The lowest BCUT2D eigenvalue weighted by molar-refractivity contribution is -0.119. The molecule has 0 saturated carbocycles. The third-order valence-electron chi connectivity index (χ3n) is 7.18. The Morgan fingerprint density at radius 3 is 2.81 bits per heavy atom. The Labute approximate surface area is 189 Å². The first kappa shape index (κ1) is 20.9. The second-order valence-corrected chi connectivity index (χ2v) is 10.3. The van der Waals surface area contributed by atoms with Crippen LogP contribution in [-0.4, -0.2) is 21.5 Å². The fourth-order valence-corrected chi connectivity index (χ4v) is 5.77. The minimum Gasteiger partial charge on any atom is -0.362 e. The standard InChI is InChI=1S/C26H31N5O/c1-6-26(18-9-7-8-17(10-18)21-14-27-15-31(21)16(2)3)19-13-28-30-24(19)29-20-11-25(4,5)12-22(32)23(20)26/h7-10,13-16,24,29H,6,11-12H2,1-5H3/t24?,26-/m1/s1. The Kier molecular flexibility index (Phi) is 4.73. The number of Topliss-reactive ketones (excluding diaryl/α,β-unsaturated/α-hetero) is 1. The van der Waals surface area contributed by atoms with Gasteiger partial charge in [-0.25, -0.2) is 4.98 Å².